The maximum atomic E-state index is 13.0. The number of piperidine rings is 2. The van der Waals surface area contributed by atoms with Gasteiger partial charge in [-0.15, -0.1) is 0 Å². The smallest absolute Gasteiger partial charge is 0.320 e. The average Bonchev–Trinajstić information content (AvgIpc) is 3.91. The Balaban J connectivity index is 0.000000185. The Morgan fingerprint density at radius 1 is 0.762 bits per heavy atom. The first-order valence-electron chi connectivity index (χ1n) is 22.1. The lowest BCUT2D eigenvalue weighted by molar-refractivity contribution is -0.136. The third-order valence-corrected chi connectivity index (χ3v) is 12.7. The number of benzene rings is 3. The van der Waals surface area contributed by atoms with Crippen LogP contribution >= 0.6 is 0 Å². The van der Waals surface area contributed by atoms with Crippen LogP contribution in [-0.2, 0) is 16.1 Å². The van der Waals surface area contributed by atoms with Gasteiger partial charge in [0.15, 0.2) is 5.65 Å². The van der Waals surface area contributed by atoms with Crippen molar-refractivity contribution in [3.8, 4) is 22.8 Å². The van der Waals surface area contributed by atoms with Crippen LogP contribution in [0.25, 0.3) is 22.3 Å². The van der Waals surface area contributed by atoms with Gasteiger partial charge in [-0.1, -0.05) is 18.2 Å². The second-order valence-corrected chi connectivity index (χ2v) is 16.7. The number of nitrogen functional groups attached to an aromatic ring is 1. The number of urea groups is 1. The largest absolute Gasteiger partial charge is 0.457 e. The van der Waals surface area contributed by atoms with Gasteiger partial charge in [0.2, 0.25) is 11.8 Å². The molecular formula is C46H54N12O5. The average molecular weight is 855 g/mol. The summed E-state index contributed by atoms with van der Waals surface area (Å²) in [5, 5.41) is 10.2. The molecule has 4 fully saturated rings. The molecule has 63 heavy (non-hydrogen) atoms. The molecule has 5 amide bonds. The molecule has 0 radical (unpaired) electrons. The lowest BCUT2D eigenvalue weighted by Gasteiger charge is -2.40. The van der Waals surface area contributed by atoms with Gasteiger partial charge in [-0.2, -0.15) is 5.10 Å². The van der Waals surface area contributed by atoms with Crippen molar-refractivity contribution in [1.82, 2.24) is 50.0 Å². The predicted octanol–water partition coefficient (Wildman–Crippen LogP) is 4.19. The summed E-state index contributed by atoms with van der Waals surface area (Å²) >= 11 is 0. The van der Waals surface area contributed by atoms with E-state index in [0.717, 1.165) is 131 Å². The number of nitrogens with two attached hydrogens (primary N) is 1. The molecule has 17 heteroatoms. The van der Waals surface area contributed by atoms with E-state index in [0.29, 0.717) is 30.0 Å². The minimum Gasteiger partial charge on any atom is -0.457 e. The van der Waals surface area contributed by atoms with E-state index in [-0.39, 0.29) is 30.2 Å². The number of para-hydroxylation sites is 1. The van der Waals surface area contributed by atoms with E-state index in [1.165, 1.54) is 12.7 Å². The molecular weight excluding hydrogens is 801 g/mol. The molecule has 1 unspecified atom stereocenters. The van der Waals surface area contributed by atoms with E-state index in [4.69, 9.17) is 10.5 Å². The number of hydrogen-bond donors (Lipinski definition) is 3. The van der Waals surface area contributed by atoms with E-state index in [1.807, 2.05) is 76.5 Å². The summed E-state index contributed by atoms with van der Waals surface area (Å²) in [4.78, 5) is 70.8. The van der Waals surface area contributed by atoms with E-state index < -0.39 is 6.04 Å². The van der Waals surface area contributed by atoms with Crippen LogP contribution in [0.15, 0.2) is 79.1 Å². The number of carbonyl (C=O) groups is 4. The highest BCUT2D eigenvalue weighted by Crippen LogP contribution is 2.32. The topological polar surface area (TPSA) is 189 Å². The summed E-state index contributed by atoms with van der Waals surface area (Å²) in [5.74, 6) is 1.19. The molecule has 17 nitrogen and oxygen atoms in total. The Bertz CT molecular complexity index is 2420. The highest BCUT2D eigenvalue weighted by molar-refractivity contribution is 6.05. The fourth-order valence-electron chi connectivity index (χ4n) is 9.12. The maximum Gasteiger partial charge on any atom is 0.320 e. The van der Waals surface area contributed by atoms with Gasteiger partial charge in [0.05, 0.1) is 11.1 Å². The fraction of sp³-hybridized carbons (Fsp3) is 0.413. The van der Waals surface area contributed by atoms with Gasteiger partial charge in [-0.25, -0.2) is 14.8 Å². The van der Waals surface area contributed by atoms with Gasteiger partial charge in [0, 0.05) is 108 Å². The summed E-state index contributed by atoms with van der Waals surface area (Å²) < 4.78 is 5.79. The third kappa shape index (κ3) is 9.44. The molecule has 1 atom stereocenters. The van der Waals surface area contributed by atoms with Crippen LogP contribution in [0.5, 0.6) is 11.5 Å². The normalized spacial score (nSPS) is 19.7. The first kappa shape index (κ1) is 41.7. The SMILES string of the molecule is Nc1ncnc2n[nH]c(-c3ccc(Oc4ccccc4)cc3)c12.O=C1CCC(N2Cc3cc(N4CCN(CCN5CCN(C(=O)N6CCCCC6)CC5)CC4)ccc3C2=O)C(=O)N1. The molecule has 4 saturated heterocycles. The number of piperazine rings is 2. The summed E-state index contributed by atoms with van der Waals surface area (Å²) in [6.07, 6.45) is 5.55. The van der Waals surface area contributed by atoms with Crippen molar-refractivity contribution < 1.29 is 23.9 Å². The standard InChI is InChI=1S/C29H41N7O4.C17H13N5O/c37-26-7-6-25(27(38)30-26)36-21-22-20-23(4-5-24(22)28(36)39)33-16-12-31(13-17-33)10-11-32-14-18-35(19-15-32)29(40)34-8-2-1-3-9-34;18-16-14-15(21-22-17(14)20-10-19-16)11-6-8-13(9-7-11)23-12-4-2-1-3-5-12/h4-5,20,25H,1-3,6-19,21H2,(H,30,37,38);1-10H,(H3,18,19,20,21,22). The fourth-order valence-corrected chi connectivity index (χ4v) is 9.12. The number of aromatic amines is 1. The number of anilines is 2. The number of H-pyrrole nitrogens is 1. The number of aromatic nitrogens is 4. The van der Waals surface area contributed by atoms with Gasteiger partial charge in [0.1, 0.15) is 29.7 Å². The quantitative estimate of drug-likeness (QED) is 0.189. The molecule has 5 aliphatic heterocycles. The number of rotatable bonds is 8. The molecule has 5 aromatic rings. The van der Waals surface area contributed by atoms with Crippen LogP contribution in [0, 0.1) is 0 Å². The number of nitrogens with zero attached hydrogens (tertiary/aromatic N) is 9. The number of fused-ring (bicyclic) bond motifs is 2. The zero-order valence-electron chi connectivity index (χ0n) is 35.5. The summed E-state index contributed by atoms with van der Waals surface area (Å²) in [6.45, 7) is 11.7. The van der Waals surface area contributed by atoms with E-state index in [2.05, 4.69) is 46.2 Å². The van der Waals surface area contributed by atoms with Crippen molar-refractivity contribution in [2.24, 2.45) is 0 Å². The molecule has 0 aliphatic carbocycles. The minimum atomic E-state index is -0.581. The maximum absolute atomic E-state index is 13.0. The number of carbonyl (C=O) groups excluding carboxylic acids is 4. The monoisotopic (exact) mass is 854 g/mol. The van der Waals surface area contributed by atoms with Crippen molar-refractivity contribution in [1.29, 1.82) is 0 Å². The second kappa shape index (κ2) is 18.8. The first-order valence-corrected chi connectivity index (χ1v) is 22.1. The number of imide groups is 1. The van der Waals surface area contributed by atoms with E-state index >= 15 is 0 Å². The summed E-state index contributed by atoms with van der Waals surface area (Å²) in [5.41, 5.74) is 10.9. The summed E-state index contributed by atoms with van der Waals surface area (Å²) in [7, 11) is 0. The van der Waals surface area contributed by atoms with Gasteiger partial charge in [-0.3, -0.25) is 34.6 Å². The van der Waals surface area contributed by atoms with Crippen LogP contribution in [0.2, 0.25) is 0 Å². The van der Waals surface area contributed by atoms with Crippen molar-refractivity contribution in [3.05, 3.63) is 90.3 Å². The third-order valence-electron chi connectivity index (χ3n) is 12.7. The van der Waals surface area contributed by atoms with Crippen LogP contribution in [-0.4, -0.2) is 153 Å². The number of nitrogens with one attached hydrogen (secondary N) is 2. The molecule has 2 aromatic heterocycles. The zero-order chi connectivity index (χ0) is 43.3. The van der Waals surface area contributed by atoms with E-state index in [9.17, 15) is 19.2 Å². The van der Waals surface area contributed by atoms with Gasteiger partial charge in [-0.05, 0) is 85.8 Å². The number of likely N-dealkylation sites (tertiary alicyclic amines) is 1. The highest BCUT2D eigenvalue weighted by Gasteiger charge is 2.39. The highest BCUT2D eigenvalue weighted by atomic mass is 16.5. The lowest BCUT2D eigenvalue weighted by Crippen LogP contribution is -2.55. The van der Waals surface area contributed by atoms with Crippen molar-refractivity contribution >= 4 is 46.3 Å². The van der Waals surface area contributed by atoms with Crippen molar-refractivity contribution in [2.45, 2.75) is 44.7 Å². The van der Waals surface area contributed by atoms with Crippen molar-refractivity contribution in [3.63, 3.8) is 0 Å². The Morgan fingerprint density at radius 2 is 1.44 bits per heavy atom. The molecule has 7 heterocycles. The number of amides is 5. The molecule has 0 bridgehead atoms. The predicted molar refractivity (Wildman–Crippen MR) is 238 cm³/mol. The van der Waals surface area contributed by atoms with Gasteiger partial charge in [0.25, 0.3) is 5.91 Å². The zero-order valence-corrected chi connectivity index (χ0v) is 35.5. The minimum absolute atomic E-state index is 0.127. The molecule has 10 rings (SSSR count). The molecule has 5 aliphatic rings. The summed E-state index contributed by atoms with van der Waals surface area (Å²) in [6, 6.07) is 23.0. The Hall–Kier alpha value is -6.59. The Morgan fingerprint density at radius 3 is 2.16 bits per heavy atom. The van der Waals surface area contributed by atoms with Crippen LogP contribution in [0.4, 0.5) is 16.3 Å². The first-order chi connectivity index (χ1) is 30.8. The van der Waals surface area contributed by atoms with Gasteiger partial charge < -0.3 is 30.1 Å². The van der Waals surface area contributed by atoms with Crippen LogP contribution in [0.3, 0.4) is 0 Å². The van der Waals surface area contributed by atoms with Crippen LogP contribution < -0.4 is 20.7 Å². The van der Waals surface area contributed by atoms with Crippen molar-refractivity contribution in [2.75, 3.05) is 89.2 Å². The molecule has 0 saturated carbocycles. The number of hydrogen-bond acceptors (Lipinski definition) is 12. The van der Waals surface area contributed by atoms with Crippen LogP contribution in [0.1, 0.15) is 48.0 Å². The van der Waals surface area contributed by atoms with Gasteiger partial charge >= 0.3 is 6.03 Å². The van der Waals surface area contributed by atoms with E-state index in [1.54, 1.807) is 4.90 Å². The molecule has 0 spiro atoms. The second-order valence-electron chi connectivity index (χ2n) is 16.7. The molecule has 328 valence electrons. The molecule has 3 aromatic carbocycles. The Labute approximate surface area is 366 Å². The number of ether oxygens (including phenoxy) is 1. The Kier molecular flexibility index (Phi) is 12.5. The molecule has 4 N–H and O–H groups in total. The lowest BCUT2D eigenvalue weighted by atomic mass is 10.0.